The molecule has 0 atom stereocenters. The Bertz CT molecular complexity index is 597. The number of halogens is 1. The van der Waals surface area contributed by atoms with Crippen molar-refractivity contribution >= 4 is 21.6 Å². The third-order valence-electron chi connectivity index (χ3n) is 2.02. The Labute approximate surface area is 103 Å². The molecule has 2 aromatic rings. The summed E-state index contributed by atoms with van der Waals surface area (Å²) in [6.45, 7) is 0.141. The molecule has 2 rings (SSSR count). The lowest BCUT2D eigenvalue weighted by molar-refractivity contribution is 0.580. The minimum atomic E-state index is -3.58. The van der Waals surface area contributed by atoms with Gasteiger partial charge in [-0.15, -0.1) is 0 Å². The Balaban J connectivity index is 2.14. The van der Waals surface area contributed by atoms with Gasteiger partial charge in [-0.05, 0) is 18.2 Å². The predicted molar refractivity (Wildman–Crippen MR) is 61.9 cm³/mol. The molecule has 0 unspecified atom stereocenters. The fraction of sp³-hybridized carbons (Fsp3) is 0.111. The fourth-order valence-corrected chi connectivity index (χ4v) is 2.45. The van der Waals surface area contributed by atoms with E-state index in [1.54, 1.807) is 12.3 Å². The highest BCUT2D eigenvalue weighted by molar-refractivity contribution is 7.89. The Morgan fingerprint density at radius 2 is 2.18 bits per heavy atom. The van der Waals surface area contributed by atoms with Crippen LogP contribution in [0, 0.1) is 0 Å². The average molecular weight is 273 g/mol. The Hall–Kier alpha value is -1.44. The zero-order valence-corrected chi connectivity index (χ0v) is 10.2. The predicted octanol–water partition coefficient (Wildman–Crippen LogP) is 0.937. The van der Waals surface area contributed by atoms with E-state index < -0.39 is 10.0 Å². The molecule has 0 bridgehead atoms. The molecule has 0 spiro atoms. The van der Waals surface area contributed by atoms with E-state index in [2.05, 4.69) is 19.9 Å². The van der Waals surface area contributed by atoms with Gasteiger partial charge in [-0.1, -0.05) is 11.6 Å². The smallest absolute Gasteiger partial charge is 0.241 e. The Morgan fingerprint density at radius 3 is 2.82 bits per heavy atom. The summed E-state index contributed by atoms with van der Waals surface area (Å²) in [7, 11) is -3.58. The second kappa shape index (κ2) is 4.82. The summed E-state index contributed by atoms with van der Waals surface area (Å²) in [5.74, 6) is 0. The largest absolute Gasteiger partial charge is 0.281 e. The zero-order valence-electron chi connectivity index (χ0n) is 8.59. The van der Waals surface area contributed by atoms with E-state index >= 15 is 0 Å². The number of aromatic nitrogens is 3. The van der Waals surface area contributed by atoms with Crippen molar-refractivity contribution in [2.24, 2.45) is 0 Å². The second-order valence-corrected chi connectivity index (χ2v) is 5.37. The minimum absolute atomic E-state index is 0.0806. The maximum Gasteiger partial charge on any atom is 0.241 e. The maximum atomic E-state index is 11.8. The summed E-state index contributed by atoms with van der Waals surface area (Å²) in [5.41, 5.74) is 0.675. The molecule has 0 saturated carbocycles. The van der Waals surface area contributed by atoms with Crippen LogP contribution in [-0.2, 0) is 16.6 Å². The van der Waals surface area contributed by atoms with E-state index in [1.165, 1.54) is 18.3 Å². The van der Waals surface area contributed by atoms with Crippen molar-refractivity contribution in [1.82, 2.24) is 19.9 Å². The van der Waals surface area contributed by atoms with Gasteiger partial charge in [0.25, 0.3) is 0 Å². The summed E-state index contributed by atoms with van der Waals surface area (Å²) in [6, 6.07) is 4.35. The van der Waals surface area contributed by atoms with Crippen LogP contribution in [0.4, 0.5) is 0 Å². The summed E-state index contributed by atoms with van der Waals surface area (Å²) in [5, 5.41) is 6.51. The molecule has 2 aromatic heterocycles. The quantitative estimate of drug-likeness (QED) is 0.811. The first-order valence-electron chi connectivity index (χ1n) is 4.67. The minimum Gasteiger partial charge on any atom is -0.281 e. The van der Waals surface area contributed by atoms with E-state index in [-0.39, 0.29) is 16.6 Å². The van der Waals surface area contributed by atoms with E-state index in [4.69, 9.17) is 11.6 Å². The van der Waals surface area contributed by atoms with Gasteiger partial charge < -0.3 is 0 Å². The number of sulfonamides is 1. The highest BCUT2D eigenvalue weighted by atomic mass is 35.5. The lowest BCUT2D eigenvalue weighted by Gasteiger charge is -2.05. The molecular formula is C9H9ClN4O2S. The van der Waals surface area contributed by atoms with Crippen LogP contribution in [0.5, 0.6) is 0 Å². The van der Waals surface area contributed by atoms with Gasteiger partial charge in [0.1, 0.15) is 5.15 Å². The number of nitrogens with one attached hydrogen (secondary N) is 2. The number of hydrogen-bond donors (Lipinski definition) is 2. The standard InChI is InChI=1S/C9H9ClN4O2S/c10-9-5-8(2-3-11-9)17(15,16)13-6-7-1-4-12-14-7/h1-5,13H,6H2,(H,12,14). The summed E-state index contributed by atoms with van der Waals surface area (Å²) >= 11 is 5.63. The average Bonchev–Trinajstić information content (AvgIpc) is 2.79. The zero-order chi connectivity index (χ0) is 12.3. The fourth-order valence-electron chi connectivity index (χ4n) is 1.19. The first-order chi connectivity index (χ1) is 8.08. The number of pyridine rings is 1. The molecule has 0 aliphatic heterocycles. The summed E-state index contributed by atoms with van der Waals surface area (Å²) in [4.78, 5) is 3.80. The van der Waals surface area contributed by atoms with Crippen molar-refractivity contribution < 1.29 is 8.42 Å². The van der Waals surface area contributed by atoms with Crippen LogP contribution in [0.1, 0.15) is 5.69 Å². The molecule has 0 radical (unpaired) electrons. The molecule has 0 aromatic carbocycles. The van der Waals surface area contributed by atoms with Crippen molar-refractivity contribution in [3.05, 3.63) is 41.4 Å². The van der Waals surface area contributed by atoms with Crippen LogP contribution in [0.15, 0.2) is 35.5 Å². The first-order valence-corrected chi connectivity index (χ1v) is 6.53. The summed E-state index contributed by atoms with van der Waals surface area (Å²) < 4.78 is 26.1. The molecule has 0 aliphatic rings. The topological polar surface area (TPSA) is 87.7 Å². The van der Waals surface area contributed by atoms with Gasteiger partial charge in [0.05, 0.1) is 17.1 Å². The van der Waals surface area contributed by atoms with E-state index in [0.717, 1.165) is 0 Å². The second-order valence-electron chi connectivity index (χ2n) is 3.22. The van der Waals surface area contributed by atoms with Gasteiger partial charge >= 0.3 is 0 Å². The number of H-pyrrole nitrogens is 1. The molecule has 0 saturated heterocycles. The van der Waals surface area contributed by atoms with Crippen molar-refractivity contribution in [3.8, 4) is 0 Å². The van der Waals surface area contributed by atoms with Crippen molar-refractivity contribution in [2.75, 3.05) is 0 Å². The monoisotopic (exact) mass is 272 g/mol. The first kappa shape index (κ1) is 12.0. The third kappa shape index (κ3) is 3.02. The highest BCUT2D eigenvalue weighted by Crippen LogP contribution is 2.12. The Kier molecular flexibility index (Phi) is 3.41. The molecule has 90 valence electrons. The molecular weight excluding hydrogens is 264 g/mol. The van der Waals surface area contributed by atoms with Crippen LogP contribution >= 0.6 is 11.6 Å². The van der Waals surface area contributed by atoms with Crippen LogP contribution in [0.3, 0.4) is 0 Å². The van der Waals surface area contributed by atoms with Gasteiger partial charge in [0, 0.05) is 12.4 Å². The molecule has 8 heteroatoms. The number of hydrogen-bond acceptors (Lipinski definition) is 4. The molecule has 2 heterocycles. The molecule has 0 amide bonds. The maximum absolute atomic E-state index is 11.8. The van der Waals surface area contributed by atoms with E-state index in [0.29, 0.717) is 5.69 Å². The van der Waals surface area contributed by atoms with E-state index in [1.807, 2.05) is 0 Å². The SMILES string of the molecule is O=S(=O)(NCc1ccn[nH]1)c1ccnc(Cl)c1. The number of nitrogens with zero attached hydrogens (tertiary/aromatic N) is 2. The van der Waals surface area contributed by atoms with Gasteiger partial charge in [-0.25, -0.2) is 18.1 Å². The van der Waals surface area contributed by atoms with Crippen LogP contribution in [0.25, 0.3) is 0 Å². The van der Waals surface area contributed by atoms with Gasteiger partial charge in [0.15, 0.2) is 0 Å². The molecule has 6 nitrogen and oxygen atoms in total. The molecule has 0 aliphatic carbocycles. The van der Waals surface area contributed by atoms with Crippen molar-refractivity contribution in [1.29, 1.82) is 0 Å². The molecule has 2 N–H and O–H groups in total. The van der Waals surface area contributed by atoms with Crippen LogP contribution in [-0.4, -0.2) is 23.6 Å². The van der Waals surface area contributed by atoms with Gasteiger partial charge in [-0.3, -0.25) is 5.10 Å². The number of aromatic amines is 1. The third-order valence-corrected chi connectivity index (χ3v) is 3.62. The van der Waals surface area contributed by atoms with Gasteiger partial charge in [-0.2, -0.15) is 5.10 Å². The number of rotatable bonds is 4. The van der Waals surface area contributed by atoms with Crippen LogP contribution < -0.4 is 4.72 Å². The summed E-state index contributed by atoms with van der Waals surface area (Å²) in [6.07, 6.45) is 2.89. The van der Waals surface area contributed by atoms with E-state index in [9.17, 15) is 8.42 Å². The molecule has 17 heavy (non-hydrogen) atoms. The van der Waals surface area contributed by atoms with Gasteiger partial charge in [0.2, 0.25) is 10.0 Å². The Morgan fingerprint density at radius 1 is 1.35 bits per heavy atom. The van der Waals surface area contributed by atoms with Crippen molar-refractivity contribution in [2.45, 2.75) is 11.4 Å². The highest BCUT2D eigenvalue weighted by Gasteiger charge is 2.14. The molecule has 0 fully saturated rings. The van der Waals surface area contributed by atoms with Crippen LogP contribution in [0.2, 0.25) is 5.15 Å². The van der Waals surface area contributed by atoms with Crippen molar-refractivity contribution in [3.63, 3.8) is 0 Å². The normalized spacial score (nSPS) is 11.6. The lowest BCUT2D eigenvalue weighted by atomic mass is 10.4. The lowest BCUT2D eigenvalue weighted by Crippen LogP contribution is -2.23.